The summed E-state index contributed by atoms with van der Waals surface area (Å²) in [5, 5.41) is 0. The molecule has 0 N–H and O–H groups in total. The summed E-state index contributed by atoms with van der Waals surface area (Å²) in [5.41, 5.74) is 1.66. The quantitative estimate of drug-likeness (QED) is 0.862. The first-order valence-electron chi connectivity index (χ1n) is 9.20. The highest BCUT2D eigenvalue weighted by Crippen LogP contribution is 2.30. The molecule has 4 rings (SSSR count). The second-order valence-electron chi connectivity index (χ2n) is 7.08. The Hall–Kier alpha value is -2.37. The molecule has 1 atom stereocenters. The molecule has 25 heavy (non-hydrogen) atoms. The second kappa shape index (κ2) is 6.86. The maximum atomic E-state index is 12.7. The van der Waals surface area contributed by atoms with Gasteiger partial charge in [-0.3, -0.25) is 9.78 Å². The number of anilines is 1. The predicted octanol–water partition coefficient (Wildman–Crippen LogP) is 2.44. The molecule has 6 nitrogen and oxygen atoms in total. The molecule has 4 heterocycles. The van der Waals surface area contributed by atoms with E-state index in [-0.39, 0.29) is 5.91 Å². The third-order valence-electron chi connectivity index (χ3n) is 5.38. The summed E-state index contributed by atoms with van der Waals surface area (Å²) in [6, 6.07) is 3.96. The van der Waals surface area contributed by atoms with Gasteiger partial charge in [-0.05, 0) is 37.8 Å². The van der Waals surface area contributed by atoms with E-state index < -0.39 is 0 Å². The number of imidazole rings is 1. The fraction of sp³-hybridized carbons (Fsp3) is 0.526. The summed E-state index contributed by atoms with van der Waals surface area (Å²) < 4.78 is 2.10. The number of carbonyl (C=O) groups excluding carboxylic acids is 1. The van der Waals surface area contributed by atoms with Crippen molar-refractivity contribution in [3.05, 3.63) is 42.2 Å². The van der Waals surface area contributed by atoms with Gasteiger partial charge in [0.1, 0.15) is 11.5 Å². The van der Waals surface area contributed by atoms with E-state index in [4.69, 9.17) is 0 Å². The van der Waals surface area contributed by atoms with Gasteiger partial charge in [0.05, 0.1) is 0 Å². The largest absolute Gasteiger partial charge is 0.371 e. The van der Waals surface area contributed by atoms with E-state index in [1.54, 1.807) is 6.20 Å². The van der Waals surface area contributed by atoms with Crippen LogP contribution in [0.5, 0.6) is 0 Å². The van der Waals surface area contributed by atoms with E-state index in [9.17, 15) is 4.79 Å². The molecule has 2 aliphatic heterocycles. The maximum absolute atomic E-state index is 12.7. The van der Waals surface area contributed by atoms with Crippen LogP contribution in [0.4, 0.5) is 5.69 Å². The van der Waals surface area contributed by atoms with Crippen LogP contribution < -0.4 is 4.90 Å². The highest BCUT2D eigenvalue weighted by molar-refractivity contribution is 5.93. The fourth-order valence-electron chi connectivity index (χ4n) is 3.97. The van der Waals surface area contributed by atoms with Gasteiger partial charge >= 0.3 is 0 Å². The number of amides is 1. The number of carbonyl (C=O) groups is 1. The van der Waals surface area contributed by atoms with Gasteiger partial charge in [0.25, 0.3) is 5.91 Å². The Morgan fingerprint density at radius 2 is 1.96 bits per heavy atom. The van der Waals surface area contributed by atoms with Gasteiger partial charge < -0.3 is 14.4 Å². The Balaban J connectivity index is 1.48. The van der Waals surface area contributed by atoms with Crippen LogP contribution in [0, 0.1) is 0 Å². The number of pyridine rings is 1. The van der Waals surface area contributed by atoms with Crippen LogP contribution in [0.3, 0.4) is 0 Å². The number of aryl methyl sites for hydroxylation is 1. The Kier molecular flexibility index (Phi) is 4.42. The molecule has 0 bridgehead atoms. The lowest BCUT2D eigenvalue weighted by molar-refractivity contribution is 0.0718. The Labute approximate surface area is 148 Å². The highest BCUT2D eigenvalue weighted by atomic mass is 16.2. The highest BCUT2D eigenvalue weighted by Gasteiger charge is 2.27. The number of hydrogen-bond acceptors (Lipinski definition) is 4. The average Bonchev–Trinajstić information content (AvgIpc) is 3.31. The minimum absolute atomic E-state index is 0.0707. The van der Waals surface area contributed by atoms with Crippen molar-refractivity contribution in [1.29, 1.82) is 0 Å². The molecule has 0 aliphatic carbocycles. The fourth-order valence-corrected chi connectivity index (χ4v) is 3.97. The lowest BCUT2D eigenvalue weighted by Crippen LogP contribution is -2.36. The SMILES string of the molecule is Cn1ccnc1C1CCN(c2ccnc(C(=O)N3CCCCC3)c2)C1. The number of rotatable bonds is 3. The van der Waals surface area contributed by atoms with Crippen molar-refractivity contribution in [3.63, 3.8) is 0 Å². The van der Waals surface area contributed by atoms with Crippen LogP contribution in [-0.4, -0.2) is 51.5 Å². The number of nitrogens with zero attached hydrogens (tertiary/aromatic N) is 5. The van der Waals surface area contributed by atoms with Gasteiger partial charge in [-0.15, -0.1) is 0 Å². The summed E-state index contributed by atoms with van der Waals surface area (Å²) in [6.07, 6.45) is 10.1. The molecule has 1 amide bonds. The third-order valence-corrected chi connectivity index (χ3v) is 5.38. The van der Waals surface area contributed by atoms with Crippen molar-refractivity contribution in [2.45, 2.75) is 31.6 Å². The first kappa shape index (κ1) is 16.1. The van der Waals surface area contributed by atoms with Gasteiger partial charge in [-0.2, -0.15) is 0 Å². The topological polar surface area (TPSA) is 54.3 Å². The number of likely N-dealkylation sites (tertiary alicyclic amines) is 1. The van der Waals surface area contributed by atoms with Crippen LogP contribution in [0.15, 0.2) is 30.7 Å². The van der Waals surface area contributed by atoms with E-state index in [0.29, 0.717) is 11.6 Å². The van der Waals surface area contributed by atoms with Crippen molar-refractivity contribution in [2.75, 3.05) is 31.1 Å². The summed E-state index contributed by atoms with van der Waals surface area (Å²) in [4.78, 5) is 25.8. The lowest BCUT2D eigenvalue weighted by atomic mass is 10.1. The first-order valence-corrected chi connectivity index (χ1v) is 9.20. The summed E-state index contributed by atoms with van der Waals surface area (Å²) in [5.74, 6) is 1.65. The molecule has 2 saturated heterocycles. The second-order valence-corrected chi connectivity index (χ2v) is 7.08. The van der Waals surface area contributed by atoms with Crippen LogP contribution in [0.25, 0.3) is 0 Å². The Bertz CT molecular complexity index is 750. The monoisotopic (exact) mass is 339 g/mol. The molecule has 2 aromatic heterocycles. The molecule has 2 aliphatic rings. The van der Waals surface area contributed by atoms with Crippen molar-refractivity contribution in [3.8, 4) is 0 Å². The molecule has 132 valence electrons. The van der Waals surface area contributed by atoms with Crippen molar-refractivity contribution in [2.24, 2.45) is 7.05 Å². The third kappa shape index (κ3) is 3.25. The molecule has 6 heteroatoms. The average molecular weight is 339 g/mol. The van der Waals surface area contributed by atoms with Crippen molar-refractivity contribution >= 4 is 11.6 Å². The summed E-state index contributed by atoms with van der Waals surface area (Å²) in [7, 11) is 2.05. The van der Waals surface area contributed by atoms with Gasteiger partial charge in [0, 0.05) is 63.4 Å². The van der Waals surface area contributed by atoms with E-state index in [2.05, 4.69) is 19.4 Å². The van der Waals surface area contributed by atoms with E-state index in [1.807, 2.05) is 36.5 Å². The first-order chi connectivity index (χ1) is 12.2. The zero-order valence-corrected chi connectivity index (χ0v) is 14.8. The molecule has 2 fully saturated rings. The van der Waals surface area contributed by atoms with Gasteiger partial charge in [0.15, 0.2) is 0 Å². The van der Waals surface area contributed by atoms with Gasteiger partial charge in [0.2, 0.25) is 0 Å². The molecule has 1 unspecified atom stereocenters. The lowest BCUT2D eigenvalue weighted by Gasteiger charge is -2.26. The predicted molar refractivity (Wildman–Crippen MR) is 96.8 cm³/mol. The normalized spacial score (nSPS) is 20.9. The molecular formula is C19H25N5O. The zero-order valence-electron chi connectivity index (χ0n) is 14.8. The van der Waals surface area contributed by atoms with Crippen LogP contribution in [-0.2, 0) is 7.05 Å². The molecule has 2 aromatic rings. The molecular weight excluding hydrogens is 314 g/mol. The van der Waals surface area contributed by atoms with Crippen LogP contribution in [0.2, 0.25) is 0 Å². The zero-order chi connectivity index (χ0) is 17.2. The molecule has 0 saturated carbocycles. The minimum atomic E-state index is 0.0707. The summed E-state index contributed by atoms with van der Waals surface area (Å²) in [6.45, 7) is 3.64. The minimum Gasteiger partial charge on any atom is -0.371 e. The van der Waals surface area contributed by atoms with E-state index in [1.165, 1.54) is 6.42 Å². The number of aromatic nitrogens is 3. The molecule has 0 radical (unpaired) electrons. The summed E-state index contributed by atoms with van der Waals surface area (Å²) >= 11 is 0. The Morgan fingerprint density at radius 3 is 2.72 bits per heavy atom. The van der Waals surface area contributed by atoms with Gasteiger partial charge in [-0.1, -0.05) is 0 Å². The van der Waals surface area contributed by atoms with Crippen LogP contribution in [0.1, 0.15) is 47.9 Å². The van der Waals surface area contributed by atoms with Crippen molar-refractivity contribution < 1.29 is 4.79 Å². The molecule has 0 spiro atoms. The Morgan fingerprint density at radius 1 is 1.12 bits per heavy atom. The smallest absolute Gasteiger partial charge is 0.272 e. The van der Waals surface area contributed by atoms with Crippen LogP contribution >= 0.6 is 0 Å². The number of piperidine rings is 1. The van der Waals surface area contributed by atoms with E-state index >= 15 is 0 Å². The standard InChI is InChI=1S/C19H25N5O/c1-22-12-8-21-18(22)15-6-11-24(14-15)16-5-7-20-17(13-16)19(25)23-9-3-2-4-10-23/h5,7-8,12-13,15H,2-4,6,9-11,14H2,1H3. The van der Waals surface area contributed by atoms with Gasteiger partial charge in [-0.25, -0.2) is 4.98 Å². The maximum Gasteiger partial charge on any atom is 0.272 e. The number of hydrogen-bond donors (Lipinski definition) is 0. The molecule has 0 aromatic carbocycles. The van der Waals surface area contributed by atoms with E-state index in [0.717, 1.165) is 57.0 Å². The van der Waals surface area contributed by atoms with Crippen molar-refractivity contribution in [1.82, 2.24) is 19.4 Å².